The van der Waals surface area contributed by atoms with Gasteiger partial charge < -0.3 is 15.0 Å². The quantitative estimate of drug-likeness (QED) is 0.916. The zero-order chi connectivity index (χ0) is 14.5. The van der Waals surface area contributed by atoms with Crippen LogP contribution in [0.25, 0.3) is 0 Å². The number of pyridine rings is 1. The summed E-state index contributed by atoms with van der Waals surface area (Å²) in [6.45, 7) is 0.621. The second-order valence-corrected chi connectivity index (χ2v) is 5.03. The number of nitrogens with one attached hydrogen (secondary N) is 1. The van der Waals surface area contributed by atoms with E-state index in [-0.39, 0.29) is 0 Å². The van der Waals surface area contributed by atoms with Gasteiger partial charge >= 0.3 is 0 Å². The van der Waals surface area contributed by atoms with Gasteiger partial charge in [0.25, 0.3) is 0 Å². The van der Waals surface area contributed by atoms with Gasteiger partial charge in [0.15, 0.2) is 0 Å². The van der Waals surface area contributed by atoms with Crippen LogP contribution in [0.5, 0.6) is 5.75 Å². The zero-order valence-electron chi connectivity index (χ0n) is 11.9. The summed E-state index contributed by atoms with van der Waals surface area (Å²) in [5, 5.41) is 4.07. The van der Waals surface area contributed by atoms with Crippen LogP contribution in [0, 0.1) is 0 Å². The molecule has 1 aromatic heterocycles. The van der Waals surface area contributed by atoms with Crippen LogP contribution in [0.3, 0.4) is 0 Å². The summed E-state index contributed by atoms with van der Waals surface area (Å²) in [6, 6.07) is 7.56. The predicted molar refractivity (Wildman–Crippen MR) is 83.9 cm³/mol. The molecule has 0 spiro atoms. The standard InChI is InChI=1S/C15H18ClN3O/c1-19(2)14-6-7-17-10-13(14)18-9-11-8-12(16)4-5-15(11)20-3/h4-8,10,18H,9H2,1-3H3. The largest absolute Gasteiger partial charge is 0.496 e. The fourth-order valence-electron chi connectivity index (χ4n) is 1.99. The highest BCUT2D eigenvalue weighted by molar-refractivity contribution is 6.30. The van der Waals surface area contributed by atoms with E-state index in [1.807, 2.05) is 49.5 Å². The summed E-state index contributed by atoms with van der Waals surface area (Å²) >= 11 is 6.03. The van der Waals surface area contributed by atoms with Crippen LogP contribution in [0.2, 0.25) is 5.02 Å². The van der Waals surface area contributed by atoms with E-state index < -0.39 is 0 Å². The lowest BCUT2D eigenvalue weighted by Gasteiger charge is -2.18. The first-order valence-electron chi connectivity index (χ1n) is 6.29. The van der Waals surface area contributed by atoms with Crippen LogP contribution in [0.1, 0.15) is 5.56 Å². The highest BCUT2D eigenvalue weighted by atomic mass is 35.5. The normalized spacial score (nSPS) is 10.2. The molecule has 0 aliphatic heterocycles. The highest BCUT2D eigenvalue weighted by Crippen LogP contribution is 2.26. The van der Waals surface area contributed by atoms with E-state index in [2.05, 4.69) is 10.3 Å². The number of benzene rings is 1. The molecule has 20 heavy (non-hydrogen) atoms. The summed E-state index contributed by atoms with van der Waals surface area (Å²) < 4.78 is 5.34. The number of rotatable bonds is 5. The Morgan fingerprint density at radius 2 is 2.10 bits per heavy atom. The second kappa shape index (κ2) is 6.48. The van der Waals surface area contributed by atoms with E-state index in [4.69, 9.17) is 16.3 Å². The molecule has 0 saturated carbocycles. The molecule has 0 radical (unpaired) electrons. The van der Waals surface area contributed by atoms with Crippen LogP contribution < -0.4 is 15.0 Å². The molecule has 0 amide bonds. The van der Waals surface area contributed by atoms with Crippen molar-refractivity contribution >= 4 is 23.0 Å². The van der Waals surface area contributed by atoms with E-state index in [9.17, 15) is 0 Å². The molecular formula is C15H18ClN3O. The van der Waals surface area contributed by atoms with Crippen molar-refractivity contribution in [2.24, 2.45) is 0 Å². The van der Waals surface area contributed by atoms with Crippen molar-refractivity contribution < 1.29 is 4.74 Å². The predicted octanol–water partition coefficient (Wildman–Crippen LogP) is 3.42. The molecule has 0 bridgehead atoms. The fraction of sp³-hybridized carbons (Fsp3) is 0.267. The molecule has 0 unspecified atom stereocenters. The lowest BCUT2D eigenvalue weighted by molar-refractivity contribution is 0.410. The average molecular weight is 292 g/mol. The molecule has 4 nitrogen and oxygen atoms in total. The van der Waals surface area contributed by atoms with Gasteiger partial charge in [0, 0.05) is 37.4 Å². The third kappa shape index (κ3) is 3.33. The van der Waals surface area contributed by atoms with Crippen molar-refractivity contribution in [3.05, 3.63) is 47.2 Å². The molecule has 1 aromatic carbocycles. The Labute approximate surface area is 124 Å². The molecule has 0 aliphatic rings. The van der Waals surface area contributed by atoms with Crippen LogP contribution in [0.15, 0.2) is 36.7 Å². The van der Waals surface area contributed by atoms with Crippen molar-refractivity contribution in [2.75, 3.05) is 31.4 Å². The maximum atomic E-state index is 6.03. The summed E-state index contributed by atoms with van der Waals surface area (Å²) in [6.07, 6.45) is 3.59. The molecule has 1 N–H and O–H groups in total. The third-order valence-corrected chi connectivity index (χ3v) is 3.23. The van der Waals surface area contributed by atoms with Gasteiger partial charge in [-0.2, -0.15) is 0 Å². The topological polar surface area (TPSA) is 37.4 Å². The molecule has 0 atom stereocenters. The smallest absolute Gasteiger partial charge is 0.123 e. The fourth-order valence-corrected chi connectivity index (χ4v) is 2.18. The molecule has 5 heteroatoms. The summed E-state index contributed by atoms with van der Waals surface area (Å²) in [7, 11) is 5.66. The van der Waals surface area contributed by atoms with Crippen LogP contribution >= 0.6 is 11.6 Å². The zero-order valence-corrected chi connectivity index (χ0v) is 12.6. The molecule has 0 aliphatic carbocycles. The summed E-state index contributed by atoms with van der Waals surface area (Å²) in [4.78, 5) is 6.19. The van der Waals surface area contributed by atoms with E-state index in [0.717, 1.165) is 22.7 Å². The molecular weight excluding hydrogens is 274 g/mol. The average Bonchev–Trinajstić information content (AvgIpc) is 2.45. The molecule has 2 aromatic rings. The van der Waals surface area contributed by atoms with Crippen LogP contribution in [-0.2, 0) is 6.54 Å². The highest BCUT2D eigenvalue weighted by Gasteiger charge is 2.07. The monoisotopic (exact) mass is 291 g/mol. The number of ether oxygens (including phenoxy) is 1. The van der Waals surface area contributed by atoms with Crippen molar-refractivity contribution in [3.63, 3.8) is 0 Å². The van der Waals surface area contributed by atoms with Crippen LogP contribution in [-0.4, -0.2) is 26.2 Å². The van der Waals surface area contributed by atoms with Gasteiger partial charge in [-0.1, -0.05) is 11.6 Å². The number of anilines is 2. The summed E-state index contributed by atoms with van der Waals surface area (Å²) in [5.41, 5.74) is 3.06. The minimum Gasteiger partial charge on any atom is -0.496 e. The molecule has 2 rings (SSSR count). The van der Waals surface area contributed by atoms with Gasteiger partial charge in [0.05, 0.1) is 24.7 Å². The van der Waals surface area contributed by atoms with Gasteiger partial charge in [-0.05, 0) is 24.3 Å². The first kappa shape index (κ1) is 14.5. The lowest BCUT2D eigenvalue weighted by Crippen LogP contribution is -2.12. The first-order valence-corrected chi connectivity index (χ1v) is 6.67. The lowest BCUT2D eigenvalue weighted by atomic mass is 10.2. The number of nitrogens with zero attached hydrogens (tertiary/aromatic N) is 2. The number of halogens is 1. The van der Waals surface area contributed by atoms with Crippen molar-refractivity contribution in [1.82, 2.24) is 4.98 Å². The SMILES string of the molecule is COc1ccc(Cl)cc1CNc1cnccc1N(C)C. The maximum Gasteiger partial charge on any atom is 0.123 e. The second-order valence-electron chi connectivity index (χ2n) is 4.60. The Morgan fingerprint density at radius 3 is 2.80 bits per heavy atom. The molecule has 0 fully saturated rings. The van der Waals surface area contributed by atoms with Gasteiger partial charge in [0.2, 0.25) is 0 Å². The number of hydrogen-bond donors (Lipinski definition) is 1. The van der Waals surface area contributed by atoms with Gasteiger partial charge in [-0.3, -0.25) is 4.98 Å². The Hall–Kier alpha value is -1.94. The van der Waals surface area contributed by atoms with Gasteiger partial charge in [0.1, 0.15) is 5.75 Å². The number of methoxy groups -OCH3 is 1. The van der Waals surface area contributed by atoms with Crippen molar-refractivity contribution in [3.8, 4) is 5.75 Å². The first-order chi connectivity index (χ1) is 9.61. The van der Waals surface area contributed by atoms with E-state index >= 15 is 0 Å². The molecule has 106 valence electrons. The molecule has 0 saturated heterocycles. The minimum atomic E-state index is 0.621. The summed E-state index contributed by atoms with van der Waals surface area (Å²) in [5.74, 6) is 0.817. The number of aromatic nitrogens is 1. The minimum absolute atomic E-state index is 0.621. The number of hydrogen-bond acceptors (Lipinski definition) is 4. The third-order valence-electron chi connectivity index (χ3n) is 2.99. The Morgan fingerprint density at radius 1 is 1.30 bits per heavy atom. The Bertz CT molecular complexity index is 587. The van der Waals surface area contributed by atoms with Gasteiger partial charge in [-0.15, -0.1) is 0 Å². The van der Waals surface area contributed by atoms with Gasteiger partial charge in [-0.25, -0.2) is 0 Å². The van der Waals surface area contributed by atoms with E-state index in [0.29, 0.717) is 11.6 Å². The Balaban J connectivity index is 2.19. The van der Waals surface area contributed by atoms with E-state index in [1.54, 1.807) is 13.3 Å². The Kier molecular flexibility index (Phi) is 4.69. The van der Waals surface area contributed by atoms with Crippen molar-refractivity contribution in [1.29, 1.82) is 0 Å². The maximum absolute atomic E-state index is 6.03. The van der Waals surface area contributed by atoms with Crippen LogP contribution in [0.4, 0.5) is 11.4 Å². The van der Waals surface area contributed by atoms with E-state index in [1.165, 1.54) is 0 Å². The van der Waals surface area contributed by atoms with Crippen molar-refractivity contribution in [2.45, 2.75) is 6.54 Å². The molecule has 1 heterocycles.